The minimum absolute atomic E-state index is 0.0106. The van der Waals surface area contributed by atoms with Gasteiger partial charge in [0.1, 0.15) is 11.2 Å². The lowest BCUT2D eigenvalue weighted by atomic mass is 9.89. The number of Topliss-reactive ketones (excluding diaryl/α,β-unsaturated/α-hetero) is 1. The summed E-state index contributed by atoms with van der Waals surface area (Å²) in [5, 5.41) is 9.40. The van der Waals surface area contributed by atoms with E-state index in [9.17, 15) is 9.90 Å². The fourth-order valence-corrected chi connectivity index (χ4v) is 4.02. The molecule has 6 heteroatoms. The smallest absolute Gasteiger partial charge is 0.182 e. The van der Waals surface area contributed by atoms with Crippen LogP contribution in [0.5, 0.6) is 0 Å². The van der Waals surface area contributed by atoms with Crippen LogP contribution in [-0.4, -0.2) is 38.1 Å². The number of aliphatic hydroxyl groups excluding tert-OH is 1. The molecule has 0 saturated heterocycles. The molecule has 6 nitrogen and oxygen atoms in total. The predicted octanol–water partition coefficient (Wildman–Crippen LogP) is 3.35. The van der Waals surface area contributed by atoms with E-state index in [0.29, 0.717) is 18.0 Å². The molecule has 2 heterocycles. The number of nitrogens with two attached hydrogens (primary N) is 1. The molecule has 0 bridgehead atoms. The van der Waals surface area contributed by atoms with Crippen molar-refractivity contribution >= 4 is 16.9 Å². The zero-order valence-corrected chi connectivity index (χ0v) is 17.6. The molecule has 2 atom stereocenters. The number of ketones is 1. The van der Waals surface area contributed by atoms with Crippen LogP contribution in [-0.2, 0) is 12.5 Å². The zero-order valence-electron chi connectivity index (χ0n) is 17.6. The second-order valence-electron chi connectivity index (χ2n) is 9.40. The molecule has 154 valence electrons. The lowest BCUT2D eigenvalue weighted by Gasteiger charge is -2.22. The molecule has 1 fully saturated rings. The summed E-state index contributed by atoms with van der Waals surface area (Å²) in [5.41, 5.74) is 9.22. The number of nitrogens with zero attached hydrogens (tertiary/aromatic N) is 3. The van der Waals surface area contributed by atoms with Gasteiger partial charge in [0.25, 0.3) is 0 Å². The number of aromatic nitrogens is 3. The highest BCUT2D eigenvalue weighted by Gasteiger charge is 2.28. The van der Waals surface area contributed by atoms with E-state index in [1.165, 1.54) is 12.8 Å². The number of rotatable bonds is 9. The first-order chi connectivity index (χ1) is 13.2. The fraction of sp³-hybridized carbons (Fsp3) is 0.682. The van der Waals surface area contributed by atoms with E-state index in [4.69, 9.17) is 5.73 Å². The first-order valence-electron chi connectivity index (χ1n) is 10.4. The molecule has 0 amide bonds. The third-order valence-corrected chi connectivity index (χ3v) is 5.92. The molecule has 2 aromatic heterocycles. The molecule has 3 N–H and O–H groups in total. The summed E-state index contributed by atoms with van der Waals surface area (Å²) in [6.45, 7) is 6.48. The van der Waals surface area contributed by atoms with E-state index in [0.717, 1.165) is 42.0 Å². The van der Waals surface area contributed by atoms with Gasteiger partial charge in [-0.3, -0.25) is 9.78 Å². The van der Waals surface area contributed by atoms with Crippen LogP contribution in [0.1, 0.15) is 75.5 Å². The topological polar surface area (TPSA) is 94.0 Å². The van der Waals surface area contributed by atoms with Gasteiger partial charge in [0, 0.05) is 30.6 Å². The zero-order chi connectivity index (χ0) is 20.5. The van der Waals surface area contributed by atoms with Crippen LogP contribution >= 0.6 is 0 Å². The minimum Gasteiger partial charge on any atom is -0.395 e. The summed E-state index contributed by atoms with van der Waals surface area (Å²) in [5.74, 6) is 1.08. The maximum atomic E-state index is 12.7. The van der Waals surface area contributed by atoms with Crippen molar-refractivity contribution in [1.29, 1.82) is 0 Å². The number of hydrogen-bond acceptors (Lipinski definition) is 5. The number of fused-ring (bicyclic) bond motifs is 1. The second kappa shape index (κ2) is 8.29. The van der Waals surface area contributed by atoms with Gasteiger partial charge in [-0.1, -0.05) is 33.6 Å². The number of hydrogen-bond donors (Lipinski definition) is 2. The third-order valence-electron chi connectivity index (χ3n) is 5.92. The van der Waals surface area contributed by atoms with Crippen molar-refractivity contribution in [3.05, 3.63) is 23.7 Å². The molecule has 28 heavy (non-hydrogen) atoms. The van der Waals surface area contributed by atoms with Crippen LogP contribution in [0.15, 0.2) is 12.3 Å². The minimum atomic E-state index is -0.189. The van der Waals surface area contributed by atoms with E-state index >= 15 is 0 Å². The average molecular weight is 387 g/mol. The van der Waals surface area contributed by atoms with Crippen LogP contribution in [0.4, 0.5) is 0 Å². The van der Waals surface area contributed by atoms with E-state index in [1.807, 2.05) is 11.6 Å². The van der Waals surface area contributed by atoms with Gasteiger partial charge in [-0.25, -0.2) is 4.98 Å². The van der Waals surface area contributed by atoms with Crippen LogP contribution in [0.25, 0.3) is 11.2 Å². The first-order valence-corrected chi connectivity index (χ1v) is 10.4. The van der Waals surface area contributed by atoms with E-state index in [1.54, 1.807) is 6.20 Å². The molecular weight excluding hydrogens is 352 g/mol. The Morgan fingerprint density at radius 2 is 2.11 bits per heavy atom. The molecule has 1 saturated carbocycles. The molecule has 3 rings (SSSR count). The van der Waals surface area contributed by atoms with Crippen molar-refractivity contribution in [1.82, 2.24) is 14.5 Å². The molecule has 0 radical (unpaired) electrons. The van der Waals surface area contributed by atoms with Crippen molar-refractivity contribution in [2.45, 2.75) is 70.8 Å². The Bertz CT molecular complexity index is 833. The summed E-state index contributed by atoms with van der Waals surface area (Å²) in [7, 11) is 1.98. The summed E-state index contributed by atoms with van der Waals surface area (Å²) >= 11 is 0. The Hall–Kier alpha value is -1.79. The highest BCUT2D eigenvalue weighted by atomic mass is 16.3. The van der Waals surface area contributed by atoms with Gasteiger partial charge >= 0.3 is 0 Å². The molecule has 1 aliphatic carbocycles. The Labute approximate surface area is 167 Å². The van der Waals surface area contributed by atoms with E-state index < -0.39 is 0 Å². The Kier molecular flexibility index (Phi) is 6.20. The molecule has 0 spiro atoms. The number of carbonyl (C=O) groups is 1. The Morgan fingerprint density at radius 1 is 1.39 bits per heavy atom. The van der Waals surface area contributed by atoms with Crippen molar-refractivity contribution in [2.75, 3.05) is 6.61 Å². The number of aliphatic hydroxyl groups is 1. The Morgan fingerprint density at radius 3 is 2.71 bits per heavy atom. The molecule has 0 aromatic carbocycles. The fourth-order valence-electron chi connectivity index (χ4n) is 4.02. The average Bonchev–Trinajstić information content (AvgIpc) is 3.40. The Balaban J connectivity index is 1.65. The standard InChI is InChI=1S/C22H34N4O2/c1-22(2,3)20-11-17-21(26(20)4)25-18(12-24-17)19(28)7-5-6-15(16(23)13-27)10-14-8-9-14/h11-12,14-16,27H,5-10,13,23H2,1-4H3/t15-,16-/m0/s1. The van der Waals surface area contributed by atoms with Crippen LogP contribution < -0.4 is 5.73 Å². The maximum Gasteiger partial charge on any atom is 0.182 e. The van der Waals surface area contributed by atoms with Gasteiger partial charge in [-0.05, 0) is 37.2 Å². The van der Waals surface area contributed by atoms with Crippen LogP contribution in [0.3, 0.4) is 0 Å². The van der Waals surface area contributed by atoms with E-state index in [2.05, 4.69) is 36.8 Å². The lowest BCUT2D eigenvalue weighted by Crippen LogP contribution is -2.34. The van der Waals surface area contributed by atoms with E-state index in [-0.39, 0.29) is 23.8 Å². The SMILES string of the molecule is Cn1c(C(C)(C)C)cc2ncc(C(=O)CCC[C@@H](CC3CC3)[C@@H](N)CO)nc21. The maximum absolute atomic E-state index is 12.7. The number of carbonyl (C=O) groups excluding carboxylic acids is 1. The van der Waals surface area contributed by atoms with Crippen molar-refractivity contribution in [3.8, 4) is 0 Å². The summed E-state index contributed by atoms with van der Waals surface area (Å²) in [6, 6.07) is 1.86. The second-order valence-corrected chi connectivity index (χ2v) is 9.40. The normalized spacial score (nSPS) is 17.1. The molecule has 0 unspecified atom stereocenters. The highest BCUT2D eigenvalue weighted by Crippen LogP contribution is 2.37. The largest absolute Gasteiger partial charge is 0.395 e. The predicted molar refractivity (Wildman–Crippen MR) is 111 cm³/mol. The van der Waals surface area contributed by atoms with Gasteiger partial charge in [-0.15, -0.1) is 0 Å². The van der Waals surface area contributed by atoms with Crippen molar-refractivity contribution in [3.63, 3.8) is 0 Å². The van der Waals surface area contributed by atoms with Crippen LogP contribution in [0, 0.1) is 11.8 Å². The molecule has 0 aliphatic heterocycles. The van der Waals surface area contributed by atoms with Gasteiger partial charge in [0.2, 0.25) is 0 Å². The molecular formula is C22H34N4O2. The summed E-state index contributed by atoms with van der Waals surface area (Å²) in [4.78, 5) is 21.7. The summed E-state index contributed by atoms with van der Waals surface area (Å²) in [6.07, 6.45) is 7.30. The van der Waals surface area contributed by atoms with Gasteiger partial charge in [-0.2, -0.15) is 0 Å². The number of aryl methyl sites for hydroxylation is 1. The lowest BCUT2D eigenvalue weighted by molar-refractivity contribution is 0.0970. The monoisotopic (exact) mass is 386 g/mol. The highest BCUT2D eigenvalue weighted by molar-refractivity contribution is 5.95. The van der Waals surface area contributed by atoms with Crippen molar-refractivity contribution < 1.29 is 9.90 Å². The first kappa shape index (κ1) is 20.9. The molecule has 1 aliphatic rings. The molecule has 2 aromatic rings. The van der Waals surface area contributed by atoms with Gasteiger partial charge < -0.3 is 15.4 Å². The summed E-state index contributed by atoms with van der Waals surface area (Å²) < 4.78 is 2.03. The quantitative estimate of drug-likeness (QED) is 0.645. The van der Waals surface area contributed by atoms with Crippen molar-refractivity contribution in [2.24, 2.45) is 24.6 Å². The van der Waals surface area contributed by atoms with Crippen LogP contribution in [0.2, 0.25) is 0 Å². The third kappa shape index (κ3) is 4.78. The van der Waals surface area contributed by atoms with Gasteiger partial charge in [0.15, 0.2) is 11.4 Å². The van der Waals surface area contributed by atoms with Gasteiger partial charge in [0.05, 0.1) is 12.8 Å².